The third-order valence-corrected chi connectivity index (χ3v) is 6.39. The molecule has 2 N–H and O–H groups in total. The Kier molecular flexibility index (Phi) is 7.06. The first kappa shape index (κ1) is 24.5. The van der Waals surface area contributed by atoms with E-state index in [4.69, 9.17) is 18.6 Å². The van der Waals surface area contributed by atoms with Gasteiger partial charge in [0.1, 0.15) is 17.2 Å². The molecule has 0 aliphatic rings. The van der Waals surface area contributed by atoms with Gasteiger partial charge in [0.15, 0.2) is 0 Å². The van der Waals surface area contributed by atoms with Gasteiger partial charge in [-0.15, -0.1) is 5.10 Å². The van der Waals surface area contributed by atoms with Crippen molar-refractivity contribution in [3.63, 3.8) is 0 Å². The Balaban J connectivity index is 1.48. The van der Waals surface area contributed by atoms with E-state index in [2.05, 4.69) is 20.2 Å². The summed E-state index contributed by atoms with van der Waals surface area (Å²) < 4.78 is 48.9. The number of ether oxygens (including phenoxy) is 3. The van der Waals surface area contributed by atoms with Crippen LogP contribution in [0.25, 0.3) is 11.5 Å². The number of aromatic nitrogens is 2. The predicted octanol–water partition coefficient (Wildman–Crippen LogP) is 3.82. The standard InChI is InChI=1S/C24H22N4O7S/c1-32-18-7-9-21(10-8-18)36(30,31)28-17-6-4-5-15(11-17)22(29)25-24-27-26-23(35-24)16-12-19(33-2)14-20(13-16)34-3/h4-14,28H,1-3H3,(H,25,27,29). The minimum Gasteiger partial charge on any atom is -0.497 e. The highest BCUT2D eigenvalue weighted by Gasteiger charge is 2.17. The average Bonchev–Trinajstić information content (AvgIpc) is 3.36. The number of carbonyl (C=O) groups is 1. The summed E-state index contributed by atoms with van der Waals surface area (Å²) in [5.41, 5.74) is 0.912. The van der Waals surface area contributed by atoms with Crippen LogP contribution >= 0.6 is 0 Å². The molecule has 0 aliphatic heterocycles. The molecular formula is C24H22N4O7S. The number of methoxy groups -OCH3 is 3. The first-order chi connectivity index (χ1) is 17.3. The van der Waals surface area contributed by atoms with E-state index in [1.807, 2.05) is 0 Å². The van der Waals surface area contributed by atoms with Crippen LogP contribution in [0.4, 0.5) is 11.7 Å². The third kappa shape index (κ3) is 5.55. The van der Waals surface area contributed by atoms with E-state index in [1.54, 1.807) is 36.4 Å². The van der Waals surface area contributed by atoms with Gasteiger partial charge in [0, 0.05) is 22.9 Å². The molecule has 0 unspecified atom stereocenters. The van der Waals surface area contributed by atoms with Crippen molar-refractivity contribution >= 4 is 27.6 Å². The zero-order valence-corrected chi connectivity index (χ0v) is 20.3. The van der Waals surface area contributed by atoms with Gasteiger partial charge in [0.25, 0.3) is 15.9 Å². The molecule has 1 amide bonds. The molecule has 0 saturated carbocycles. The minimum atomic E-state index is -3.88. The van der Waals surface area contributed by atoms with Crippen LogP contribution in [-0.2, 0) is 10.0 Å². The molecule has 4 rings (SSSR count). The molecular weight excluding hydrogens is 488 g/mol. The molecule has 1 aromatic heterocycles. The second-order valence-electron chi connectivity index (χ2n) is 7.33. The highest BCUT2D eigenvalue weighted by atomic mass is 32.2. The van der Waals surface area contributed by atoms with Crippen molar-refractivity contribution in [2.75, 3.05) is 31.4 Å². The van der Waals surface area contributed by atoms with Gasteiger partial charge in [-0.2, -0.15) is 0 Å². The fraction of sp³-hybridized carbons (Fsp3) is 0.125. The summed E-state index contributed by atoms with van der Waals surface area (Å²) in [6.07, 6.45) is 0. The zero-order chi connectivity index (χ0) is 25.7. The number of carbonyl (C=O) groups excluding carboxylic acids is 1. The van der Waals surface area contributed by atoms with E-state index in [0.29, 0.717) is 22.8 Å². The topological polar surface area (TPSA) is 142 Å². The van der Waals surface area contributed by atoms with Crippen molar-refractivity contribution in [1.29, 1.82) is 0 Å². The van der Waals surface area contributed by atoms with Crippen LogP contribution in [0.15, 0.2) is 76.0 Å². The van der Waals surface area contributed by atoms with E-state index in [1.165, 1.54) is 51.7 Å². The van der Waals surface area contributed by atoms with Gasteiger partial charge in [0.05, 0.1) is 26.2 Å². The monoisotopic (exact) mass is 510 g/mol. The van der Waals surface area contributed by atoms with Crippen LogP contribution in [-0.4, -0.2) is 45.9 Å². The Bertz CT molecular complexity index is 1460. The normalized spacial score (nSPS) is 11.0. The lowest BCUT2D eigenvalue weighted by Gasteiger charge is -2.10. The van der Waals surface area contributed by atoms with E-state index in [-0.39, 0.29) is 28.1 Å². The summed E-state index contributed by atoms with van der Waals surface area (Å²) in [6, 6.07) is 16.8. The number of anilines is 2. The van der Waals surface area contributed by atoms with Crippen molar-refractivity contribution in [3.05, 3.63) is 72.3 Å². The van der Waals surface area contributed by atoms with Crippen LogP contribution < -0.4 is 24.2 Å². The van der Waals surface area contributed by atoms with Gasteiger partial charge in [0.2, 0.25) is 5.89 Å². The number of hydrogen-bond donors (Lipinski definition) is 2. The molecule has 12 heteroatoms. The Hall–Kier alpha value is -4.58. The quantitative estimate of drug-likeness (QED) is 0.344. The van der Waals surface area contributed by atoms with Crippen LogP contribution in [0.1, 0.15) is 10.4 Å². The molecule has 3 aromatic carbocycles. The predicted molar refractivity (Wildman–Crippen MR) is 131 cm³/mol. The molecule has 0 bridgehead atoms. The lowest BCUT2D eigenvalue weighted by atomic mass is 10.2. The van der Waals surface area contributed by atoms with E-state index in [9.17, 15) is 13.2 Å². The van der Waals surface area contributed by atoms with Crippen molar-refractivity contribution in [2.24, 2.45) is 0 Å². The first-order valence-corrected chi connectivity index (χ1v) is 11.9. The van der Waals surface area contributed by atoms with Crippen LogP contribution in [0.3, 0.4) is 0 Å². The van der Waals surface area contributed by atoms with Gasteiger partial charge in [-0.05, 0) is 54.6 Å². The highest BCUT2D eigenvalue weighted by molar-refractivity contribution is 7.92. The number of sulfonamides is 1. The summed E-state index contributed by atoms with van der Waals surface area (Å²) >= 11 is 0. The highest BCUT2D eigenvalue weighted by Crippen LogP contribution is 2.30. The van der Waals surface area contributed by atoms with E-state index >= 15 is 0 Å². The lowest BCUT2D eigenvalue weighted by Crippen LogP contribution is -2.15. The maximum Gasteiger partial charge on any atom is 0.322 e. The zero-order valence-electron chi connectivity index (χ0n) is 19.5. The van der Waals surface area contributed by atoms with Crippen molar-refractivity contribution in [2.45, 2.75) is 4.90 Å². The van der Waals surface area contributed by atoms with Gasteiger partial charge in [-0.1, -0.05) is 11.2 Å². The maximum absolute atomic E-state index is 12.7. The number of nitrogens with zero attached hydrogens (tertiary/aromatic N) is 2. The Labute approximate surface area is 207 Å². The van der Waals surface area contributed by atoms with Crippen molar-refractivity contribution < 1.29 is 31.8 Å². The number of rotatable bonds is 9. The minimum absolute atomic E-state index is 0.0470. The SMILES string of the molecule is COc1ccc(S(=O)(=O)Nc2cccc(C(=O)Nc3nnc(-c4cc(OC)cc(OC)c4)o3)c2)cc1. The number of amides is 1. The Morgan fingerprint density at radius 3 is 2.14 bits per heavy atom. The van der Waals surface area contributed by atoms with E-state index < -0.39 is 15.9 Å². The molecule has 0 radical (unpaired) electrons. The molecule has 4 aromatic rings. The molecule has 0 fully saturated rings. The Morgan fingerprint density at radius 2 is 1.50 bits per heavy atom. The van der Waals surface area contributed by atoms with Gasteiger partial charge < -0.3 is 18.6 Å². The lowest BCUT2D eigenvalue weighted by molar-refractivity contribution is 0.102. The van der Waals surface area contributed by atoms with E-state index in [0.717, 1.165) is 0 Å². The third-order valence-electron chi connectivity index (χ3n) is 4.99. The number of nitrogens with one attached hydrogen (secondary N) is 2. The Morgan fingerprint density at radius 1 is 0.833 bits per heavy atom. The van der Waals surface area contributed by atoms with Crippen LogP contribution in [0.2, 0.25) is 0 Å². The van der Waals surface area contributed by atoms with Gasteiger partial charge >= 0.3 is 6.01 Å². The van der Waals surface area contributed by atoms with Crippen molar-refractivity contribution in [1.82, 2.24) is 10.2 Å². The van der Waals surface area contributed by atoms with Crippen LogP contribution in [0.5, 0.6) is 17.2 Å². The fourth-order valence-electron chi connectivity index (χ4n) is 3.18. The molecule has 0 aliphatic carbocycles. The smallest absolute Gasteiger partial charge is 0.322 e. The van der Waals surface area contributed by atoms with Crippen LogP contribution in [0, 0.1) is 0 Å². The van der Waals surface area contributed by atoms with Gasteiger partial charge in [-0.3, -0.25) is 14.8 Å². The molecule has 1 heterocycles. The fourth-order valence-corrected chi connectivity index (χ4v) is 4.23. The molecule has 36 heavy (non-hydrogen) atoms. The maximum atomic E-state index is 12.7. The molecule has 0 atom stereocenters. The number of hydrogen-bond acceptors (Lipinski definition) is 9. The average molecular weight is 511 g/mol. The summed E-state index contributed by atoms with van der Waals surface area (Å²) in [7, 11) is 0.647. The van der Waals surface area contributed by atoms with Gasteiger partial charge in [-0.25, -0.2) is 8.42 Å². The first-order valence-electron chi connectivity index (χ1n) is 10.5. The molecule has 0 saturated heterocycles. The summed E-state index contributed by atoms with van der Waals surface area (Å²) in [5.74, 6) is 1.16. The summed E-state index contributed by atoms with van der Waals surface area (Å²) in [4.78, 5) is 12.8. The molecule has 186 valence electrons. The van der Waals surface area contributed by atoms with Crippen molar-refractivity contribution in [3.8, 4) is 28.7 Å². The molecule has 0 spiro atoms. The second kappa shape index (κ2) is 10.4. The second-order valence-corrected chi connectivity index (χ2v) is 9.01. The summed E-state index contributed by atoms with van der Waals surface area (Å²) in [6.45, 7) is 0. The summed E-state index contributed by atoms with van der Waals surface area (Å²) in [5, 5.41) is 10.3. The largest absolute Gasteiger partial charge is 0.497 e. The molecule has 11 nitrogen and oxygen atoms in total. The number of benzene rings is 3.